The van der Waals surface area contributed by atoms with Gasteiger partial charge >= 0.3 is 0 Å². The number of nitrogens with one attached hydrogen (secondary N) is 1. The topological polar surface area (TPSA) is 58.6 Å². The van der Waals surface area contributed by atoms with E-state index in [-0.39, 0.29) is 10.7 Å². The first-order valence-corrected chi connectivity index (χ1v) is 8.85. The Labute approximate surface area is 162 Å². The summed E-state index contributed by atoms with van der Waals surface area (Å²) in [6.07, 6.45) is 4.58. The Hall–Kier alpha value is -3.25. The Morgan fingerprint density at radius 3 is 2.33 bits per heavy atom. The van der Waals surface area contributed by atoms with Crippen molar-refractivity contribution < 1.29 is 14.3 Å². The number of hydrogen-bond donors (Lipinski definition) is 1. The lowest BCUT2D eigenvalue weighted by Crippen LogP contribution is -2.54. The van der Waals surface area contributed by atoms with Gasteiger partial charge in [0.15, 0.2) is 5.11 Å². The number of hydrogen-bond acceptors (Lipinski definition) is 4. The molecule has 5 nitrogen and oxygen atoms in total. The fourth-order valence-electron chi connectivity index (χ4n) is 2.58. The van der Waals surface area contributed by atoms with Gasteiger partial charge in [-0.15, -0.1) is 6.58 Å². The molecule has 2 aromatic rings. The van der Waals surface area contributed by atoms with E-state index in [4.69, 9.17) is 17.0 Å². The SMILES string of the molecule is C=CCC/C=C1\C(=O)NC(=S)N(c2ccc(Oc3ccccc3)cc2)C1=O. The van der Waals surface area contributed by atoms with Crippen LogP contribution in [-0.4, -0.2) is 16.9 Å². The highest BCUT2D eigenvalue weighted by Crippen LogP contribution is 2.26. The normalized spacial score (nSPS) is 15.6. The van der Waals surface area contributed by atoms with E-state index in [1.807, 2.05) is 30.3 Å². The number of carbonyl (C=O) groups excluding carboxylic acids is 2. The zero-order chi connectivity index (χ0) is 19.2. The van der Waals surface area contributed by atoms with Crippen LogP contribution in [0.15, 0.2) is 78.9 Å². The summed E-state index contributed by atoms with van der Waals surface area (Å²) in [6.45, 7) is 3.64. The van der Waals surface area contributed by atoms with Crippen molar-refractivity contribution >= 4 is 34.8 Å². The van der Waals surface area contributed by atoms with Crippen LogP contribution >= 0.6 is 12.2 Å². The fraction of sp³-hybridized carbons (Fsp3) is 0.0952. The third-order valence-electron chi connectivity index (χ3n) is 3.89. The number of unbranched alkanes of at least 4 members (excludes halogenated alkanes) is 1. The monoisotopic (exact) mass is 378 g/mol. The average molecular weight is 378 g/mol. The highest BCUT2D eigenvalue weighted by molar-refractivity contribution is 7.80. The largest absolute Gasteiger partial charge is 0.457 e. The number of amides is 2. The number of ether oxygens (including phenoxy) is 1. The zero-order valence-corrected chi connectivity index (χ0v) is 15.4. The van der Waals surface area contributed by atoms with E-state index >= 15 is 0 Å². The minimum atomic E-state index is -0.477. The highest BCUT2D eigenvalue weighted by Gasteiger charge is 2.34. The third-order valence-corrected chi connectivity index (χ3v) is 4.18. The molecule has 0 unspecified atom stereocenters. The molecule has 2 aromatic carbocycles. The Morgan fingerprint density at radius 2 is 1.67 bits per heavy atom. The lowest BCUT2D eigenvalue weighted by molar-refractivity contribution is -0.122. The number of rotatable bonds is 6. The van der Waals surface area contributed by atoms with Crippen molar-refractivity contribution in [2.45, 2.75) is 12.8 Å². The van der Waals surface area contributed by atoms with Crippen molar-refractivity contribution in [1.29, 1.82) is 0 Å². The van der Waals surface area contributed by atoms with Crippen molar-refractivity contribution in [2.24, 2.45) is 0 Å². The Kier molecular flexibility index (Phi) is 5.78. The number of para-hydroxylation sites is 1. The first-order valence-electron chi connectivity index (χ1n) is 8.44. The predicted octanol–water partition coefficient (Wildman–Crippen LogP) is 4.12. The Morgan fingerprint density at radius 1 is 1.00 bits per heavy atom. The maximum Gasteiger partial charge on any atom is 0.269 e. The van der Waals surface area contributed by atoms with Gasteiger partial charge in [0, 0.05) is 0 Å². The second-order valence-corrected chi connectivity index (χ2v) is 6.18. The predicted molar refractivity (Wildman–Crippen MR) is 109 cm³/mol. The molecule has 1 N–H and O–H groups in total. The molecule has 1 fully saturated rings. The van der Waals surface area contributed by atoms with Gasteiger partial charge in [0.05, 0.1) is 5.69 Å². The van der Waals surface area contributed by atoms with Crippen LogP contribution in [0.25, 0.3) is 0 Å². The Bertz CT molecular complexity index is 905. The van der Waals surface area contributed by atoms with Crippen LogP contribution in [0.2, 0.25) is 0 Å². The standard InChI is InChI=1S/C21H18N2O3S/c1-2-3-5-10-18-19(24)22-21(27)23(20(18)25)15-11-13-17(14-12-15)26-16-8-6-4-7-9-16/h2,4,6-14H,1,3,5H2,(H,22,24,27)/b18-10+. The van der Waals surface area contributed by atoms with Crippen LogP contribution < -0.4 is 15.0 Å². The van der Waals surface area contributed by atoms with Crippen LogP contribution in [0, 0.1) is 0 Å². The molecule has 0 aromatic heterocycles. The molecular weight excluding hydrogens is 360 g/mol. The van der Waals surface area contributed by atoms with Crippen LogP contribution in [-0.2, 0) is 9.59 Å². The van der Waals surface area contributed by atoms with Gasteiger partial charge in [0.25, 0.3) is 11.8 Å². The van der Waals surface area contributed by atoms with E-state index in [2.05, 4.69) is 11.9 Å². The van der Waals surface area contributed by atoms with Crippen molar-refractivity contribution in [3.8, 4) is 11.5 Å². The first-order chi connectivity index (χ1) is 13.1. The molecule has 0 saturated carbocycles. The van der Waals surface area contributed by atoms with Crippen LogP contribution in [0.5, 0.6) is 11.5 Å². The van der Waals surface area contributed by atoms with E-state index in [0.29, 0.717) is 24.3 Å². The summed E-state index contributed by atoms with van der Waals surface area (Å²) in [5.41, 5.74) is 0.634. The summed E-state index contributed by atoms with van der Waals surface area (Å²) in [6, 6.07) is 16.3. The zero-order valence-electron chi connectivity index (χ0n) is 14.6. The summed E-state index contributed by atoms with van der Waals surface area (Å²) >= 11 is 5.19. The second-order valence-electron chi connectivity index (χ2n) is 5.79. The van der Waals surface area contributed by atoms with Crippen molar-refractivity contribution in [2.75, 3.05) is 4.90 Å². The number of anilines is 1. The molecule has 136 valence electrons. The molecule has 0 atom stereocenters. The van der Waals surface area contributed by atoms with Crippen molar-refractivity contribution in [3.63, 3.8) is 0 Å². The molecule has 27 heavy (non-hydrogen) atoms. The van der Waals surface area contributed by atoms with E-state index in [1.54, 1.807) is 36.4 Å². The molecule has 0 spiro atoms. The molecule has 0 aliphatic carbocycles. The molecule has 1 heterocycles. The van der Waals surface area contributed by atoms with Gasteiger partial charge in [-0.1, -0.05) is 30.4 Å². The van der Waals surface area contributed by atoms with Gasteiger partial charge < -0.3 is 4.74 Å². The average Bonchev–Trinajstić information content (AvgIpc) is 2.66. The van der Waals surface area contributed by atoms with Crippen LogP contribution in [0.1, 0.15) is 12.8 Å². The minimum Gasteiger partial charge on any atom is -0.457 e. The smallest absolute Gasteiger partial charge is 0.269 e. The second kappa shape index (κ2) is 8.42. The Balaban J connectivity index is 1.80. The summed E-state index contributed by atoms with van der Waals surface area (Å²) in [5.74, 6) is 0.430. The maximum atomic E-state index is 12.8. The molecule has 2 amide bonds. The van der Waals surface area contributed by atoms with E-state index in [0.717, 1.165) is 5.75 Å². The molecular formula is C21H18N2O3S. The third kappa shape index (κ3) is 4.30. The van der Waals surface area contributed by atoms with Gasteiger partial charge in [0.1, 0.15) is 17.1 Å². The lowest BCUT2D eigenvalue weighted by Gasteiger charge is -2.29. The molecule has 3 rings (SSSR count). The van der Waals surface area contributed by atoms with Crippen LogP contribution in [0.3, 0.4) is 0 Å². The van der Waals surface area contributed by atoms with E-state index < -0.39 is 11.8 Å². The van der Waals surface area contributed by atoms with E-state index in [9.17, 15) is 9.59 Å². The van der Waals surface area contributed by atoms with Crippen molar-refractivity contribution in [1.82, 2.24) is 5.32 Å². The first kappa shape index (κ1) is 18.5. The van der Waals surface area contributed by atoms with Gasteiger partial charge in [-0.25, -0.2) is 0 Å². The number of benzene rings is 2. The molecule has 0 radical (unpaired) electrons. The molecule has 6 heteroatoms. The number of nitrogens with zero attached hydrogens (tertiary/aromatic N) is 1. The molecule has 1 aliphatic heterocycles. The molecule has 1 aliphatic rings. The molecule has 0 bridgehead atoms. The summed E-state index contributed by atoms with van der Waals surface area (Å²) in [5, 5.41) is 2.62. The van der Waals surface area contributed by atoms with Gasteiger partial charge in [0.2, 0.25) is 0 Å². The quantitative estimate of drug-likeness (QED) is 0.270. The summed E-state index contributed by atoms with van der Waals surface area (Å²) < 4.78 is 5.75. The highest BCUT2D eigenvalue weighted by atomic mass is 32.1. The fourth-order valence-corrected chi connectivity index (χ4v) is 2.86. The molecule has 1 saturated heterocycles. The summed E-state index contributed by atoms with van der Waals surface area (Å²) in [4.78, 5) is 26.2. The number of carbonyl (C=O) groups is 2. The van der Waals surface area contributed by atoms with Crippen molar-refractivity contribution in [3.05, 3.63) is 78.9 Å². The van der Waals surface area contributed by atoms with Crippen LogP contribution in [0.4, 0.5) is 5.69 Å². The van der Waals surface area contributed by atoms with E-state index in [1.165, 1.54) is 4.90 Å². The number of allylic oxidation sites excluding steroid dienone is 2. The van der Waals surface area contributed by atoms with Gasteiger partial charge in [-0.05, 0) is 61.5 Å². The lowest BCUT2D eigenvalue weighted by atomic mass is 10.1. The summed E-state index contributed by atoms with van der Waals surface area (Å²) in [7, 11) is 0. The maximum absolute atomic E-state index is 12.8. The van der Waals surface area contributed by atoms with Gasteiger partial charge in [-0.3, -0.25) is 19.8 Å². The van der Waals surface area contributed by atoms with Gasteiger partial charge in [-0.2, -0.15) is 0 Å². The minimum absolute atomic E-state index is 0.0580. The number of thiocarbonyl (C=S) groups is 1.